The fraction of sp³-hybridized carbons (Fsp3) is 0.200. The number of nitrogen functional groups attached to an aromatic ring is 1. The van der Waals surface area contributed by atoms with Crippen LogP contribution < -0.4 is 11.3 Å². The van der Waals surface area contributed by atoms with E-state index in [4.69, 9.17) is 5.84 Å². The van der Waals surface area contributed by atoms with Gasteiger partial charge in [-0.3, -0.25) is 5.43 Å². The van der Waals surface area contributed by atoms with Crippen LogP contribution in [0, 0.1) is 13.8 Å². The van der Waals surface area contributed by atoms with Gasteiger partial charge in [0.05, 0.1) is 11.2 Å². The van der Waals surface area contributed by atoms with Crippen LogP contribution in [-0.2, 0) is 0 Å². The van der Waals surface area contributed by atoms with E-state index >= 15 is 0 Å². The number of hydrazine groups is 1. The zero-order valence-corrected chi connectivity index (χ0v) is 8.20. The van der Waals surface area contributed by atoms with Crippen LogP contribution in [0.3, 0.4) is 0 Å². The Morgan fingerprint density at radius 3 is 2.71 bits per heavy atom. The van der Waals surface area contributed by atoms with Gasteiger partial charge in [0, 0.05) is 5.39 Å². The second-order valence-electron chi connectivity index (χ2n) is 3.25. The fourth-order valence-electron chi connectivity index (χ4n) is 1.63. The first kappa shape index (κ1) is 8.90. The van der Waals surface area contributed by atoms with Gasteiger partial charge in [-0.2, -0.15) is 0 Å². The summed E-state index contributed by atoms with van der Waals surface area (Å²) < 4.78 is 0. The summed E-state index contributed by atoms with van der Waals surface area (Å²) in [6, 6.07) is 5.98. The lowest BCUT2D eigenvalue weighted by molar-refractivity contribution is 1.11. The minimum Gasteiger partial charge on any atom is -0.292 e. The largest absolute Gasteiger partial charge is 0.292 e. The van der Waals surface area contributed by atoms with Gasteiger partial charge in [-0.1, -0.05) is 12.1 Å². The maximum atomic E-state index is 5.27. The second-order valence-corrected chi connectivity index (χ2v) is 3.25. The molecular formula is C10H12N4. The minimum absolute atomic E-state index is 0.459. The maximum absolute atomic E-state index is 5.27. The molecule has 0 unspecified atom stereocenters. The number of nitrogens with zero attached hydrogens (tertiary/aromatic N) is 2. The number of fused-ring (bicyclic) bond motifs is 1. The van der Waals surface area contributed by atoms with Gasteiger partial charge < -0.3 is 0 Å². The molecule has 0 amide bonds. The van der Waals surface area contributed by atoms with Crippen molar-refractivity contribution in [3.8, 4) is 0 Å². The van der Waals surface area contributed by atoms with Crippen LogP contribution in [0.15, 0.2) is 18.2 Å². The molecule has 0 aliphatic rings. The van der Waals surface area contributed by atoms with Gasteiger partial charge in [0.25, 0.3) is 0 Å². The van der Waals surface area contributed by atoms with E-state index in [9.17, 15) is 0 Å². The summed E-state index contributed by atoms with van der Waals surface area (Å²) in [5, 5.41) is 1.10. The smallest absolute Gasteiger partial charge is 0.237 e. The van der Waals surface area contributed by atoms with Gasteiger partial charge in [-0.05, 0) is 25.5 Å². The molecule has 4 nitrogen and oxygen atoms in total. The van der Waals surface area contributed by atoms with Crippen molar-refractivity contribution in [1.29, 1.82) is 0 Å². The molecular weight excluding hydrogens is 176 g/mol. The van der Waals surface area contributed by atoms with Crippen LogP contribution >= 0.6 is 0 Å². The fourth-order valence-corrected chi connectivity index (χ4v) is 1.63. The molecule has 0 radical (unpaired) electrons. The van der Waals surface area contributed by atoms with E-state index in [1.807, 2.05) is 32.0 Å². The molecule has 1 aromatic carbocycles. The lowest BCUT2D eigenvalue weighted by Gasteiger charge is -2.06. The molecule has 2 rings (SSSR count). The maximum Gasteiger partial charge on any atom is 0.237 e. The molecule has 0 spiro atoms. The first-order valence-corrected chi connectivity index (χ1v) is 4.43. The average Bonchev–Trinajstić information content (AvgIpc) is 2.17. The lowest BCUT2D eigenvalue weighted by atomic mass is 10.1. The third-order valence-electron chi connectivity index (χ3n) is 2.24. The Balaban J connectivity index is 2.83. The van der Waals surface area contributed by atoms with Crippen LogP contribution in [-0.4, -0.2) is 9.97 Å². The summed E-state index contributed by atoms with van der Waals surface area (Å²) in [5.41, 5.74) is 5.51. The second kappa shape index (κ2) is 3.23. The first-order chi connectivity index (χ1) is 6.72. The van der Waals surface area contributed by atoms with Gasteiger partial charge in [0.15, 0.2) is 0 Å². The molecule has 72 valence electrons. The highest BCUT2D eigenvalue weighted by Gasteiger charge is 2.04. The summed E-state index contributed by atoms with van der Waals surface area (Å²) in [4.78, 5) is 8.50. The van der Waals surface area contributed by atoms with Gasteiger partial charge in [0.2, 0.25) is 5.95 Å². The highest BCUT2D eigenvalue weighted by atomic mass is 15.3. The molecule has 0 aliphatic heterocycles. The van der Waals surface area contributed by atoms with Crippen molar-refractivity contribution in [3.05, 3.63) is 29.5 Å². The summed E-state index contributed by atoms with van der Waals surface area (Å²) in [7, 11) is 0. The van der Waals surface area contributed by atoms with Gasteiger partial charge in [-0.25, -0.2) is 15.8 Å². The van der Waals surface area contributed by atoms with Crippen molar-refractivity contribution in [2.45, 2.75) is 13.8 Å². The average molecular weight is 188 g/mol. The van der Waals surface area contributed by atoms with Crippen LogP contribution in [0.5, 0.6) is 0 Å². The van der Waals surface area contributed by atoms with Crippen LogP contribution in [0.1, 0.15) is 11.3 Å². The van der Waals surface area contributed by atoms with Crippen molar-refractivity contribution in [2.75, 3.05) is 5.43 Å². The SMILES string of the molecule is Cc1cccc2nc(NN)nc(C)c12. The van der Waals surface area contributed by atoms with Crippen molar-refractivity contribution in [2.24, 2.45) is 5.84 Å². The molecule has 14 heavy (non-hydrogen) atoms. The van der Waals surface area contributed by atoms with Crippen LogP contribution in [0.25, 0.3) is 10.9 Å². The number of hydrogen-bond acceptors (Lipinski definition) is 4. The zero-order chi connectivity index (χ0) is 10.1. The van der Waals surface area contributed by atoms with Crippen molar-refractivity contribution >= 4 is 16.9 Å². The Morgan fingerprint density at radius 2 is 2.00 bits per heavy atom. The Kier molecular flexibility index (Phi) is 2.05. The normalized spacial score (nSPS) is 10.5. The van der Waals surface area contributed by atoms with E-state index in [2.05, 4.69) is 15.4 Å². The number of benzene rings is 1. The van der Waals surface area contributed by atoms with Crippen molar-refractivity contribution < 1.29 is 0 Å². The Bertz CT molecular complexity index is 479. The van der Waals surface area contributed by atoms with E-state index in [1.54, 1.807) is 0 Å². The number of hydrogen-bond donors (Lipinski definition) is 2. The summed E-state index contributed by atoms with van der Waals surface area (Å²) >= 11 is 0. The number of nitrogens with one attached hydrogen (secondary N) is 1. The molecule has 0 aliphatic carbocycles. The Morgan fingerprint density at radius 1 is 1.21 bits per heavy atom. The molecule has 0 fully saturated rings. The predicted octanol–water partition coefficient (Wildman–Crippen LogP) is 1.53. The molecule has 0 bridgehead atoms. The number of nitrogens with two attached hydrogens (primary N) is 1. The van der Waals surface area contributed by atoms with Gasteiger partial charge in [-0.15, -0.1) is 0 Å². The number of aryl methyl sites for hydroxylation is 2. The topological polar surface area (TPSA) is 63.8 Å². The van der Waals surface area contributed by atoms with Crippen molar-refractivity contribution in [3.63, 3.8) is 0 Å². The van der Waals surface area contributed by atoms with Crippen LogP contribution in [0.2, 0.25) is 0 Å². The number of aromatic nitrogens is 2. The minimum atomic E-state index is 0.459. The van der Waals surface area contributed by atoms with Crippen molar-refractivity contribution in [1.82, 2.24) is 9.97 Å². The predicted molar refractivity (Wildman–Crippen MR) is 56.8 cm³/mol. The molecule has 4 heteroatoms. The van der Waals surface area contributed by atoms with E-state index < -0.39 is 0 Å². The molecule has 0 saturated carbocycles. The van der Waals surface area contributed by atoms with E-state index in [-0.39, 0.29) is 0 Å². The quantitative estimate of drug-likeness (QED) is 0.526. The lowest BCUT2D eigenvalue weighted by Crippen LogP contribution is -2.11. The standard InChI is InChI=1S/C10H12N4/c1-6-4-3-5-8-9(6)7(2)12-10(13-8)14-11/h3-5H,11H2,1-2H3,(H,12,13,14). The van der Waals surface area contributed by atoms with E-state index in [0.29, 0.717) is 5.95 Å². The molecule has 2 aromatic rings. The van der Waals surface area contributed by atoms with E-state index in [0.717, 1.165) is 16.6 Å². The summed E-state index contributed by atoms with van der Waals surface area (Å²) in [6.07, 6.45) is 0. The summed E-state index contributed by atoms with van der Waals surface area (Å²) in [6.45, 7) is 4.01. The van der Waals surface area contributed by atoms with E-state index in [1.165, 1.54) is 5.56 Å². The van der Waals surface area contributed by atoms with Gasteiger partial charge in [0.1, 0.15) is 0 Å². The molecule has 1 aromatic heterocycles. The molecule has 0 atom stereocenters. The van der Waals surface area contributed by atoms with Crippen LogP contribution in [0.4, 0.5) is 5.95 Å². The highest BCUT2D eigenvalue weighted by Crippen LogP contribution is 2.20. The third kappa shape index (κ3) is 1.29. The number of anilines is 1. The monoisotopic (exact) mass is 188 g/mol. The number of rotatable bonds is 1. The van der Waals surface area contributed by atoms with Gasteiger partial charge >= 0.3 is 0 Å². The Hall–Kier alpha value is -1.68. The zero-order valence-electron chi connectivity index (χ0n) is 8.20. The third-order valence-corrected chi connectivity index (χ3v) is 2.24. The first-order valence-electron chi connectivity index (χ1n) is 4.43. The highest BCUT2D eigenvalue weighted by molar-refractivity contribution is 5.84. The molecule has 0 saturated heterocycles. The Labute approximate surface area is 82.1 Å². The molecule has 3 N–H and O–H groups in total. The molecule has 1 heterocycles. The summed E-state index contributed by atoms with van der Waals surface area (Å²) in [5.74, 6) is 5.73.